The van der Waals surface area contributed by atoms with Crippen LogP contribution in [0.1, 0.15) is 26.3 Å². The summed E-state index contributed by atoms with van der Waals surface area (Å²) >= 11 is 0. The van der Waals surface area contributed by atoms with Gasteiger partial charge in [0.2, 0.25) is 6.29 Å². The maximum Gasteiger partial charge on any atom is 0.331 e. The number of aliphatic hydroxyl groups excluding tert-OH is 5. The summed E-state index contributed by atoms with van der Waals surface area (Å²) in [7, 11) is 1.39. The van der Waals surface area contributed by atoms with Gasteiger partial charge in [-0.15, -0.1) is 0 Å². The highest BCUT2D eigenvalue weighted by Crippen LogP contribution is 2.61. The molecule has 6 N–H and O–H groups in total. The molecule has 0 radical (unpaired) electrons. The van der Waals surface area contributed by atoms with E-state index < -0.39 is 128 Å². The monoisotopic (exact) mass is 768 g/mol. The smallest absolute Gasteiger partial charge is 0.331 e. The summed E-state index contributed by atoms with van der Waals surface area (Å²) in [5.74, 6) is -3.84. The minimum atomic E-state index is -1.74. The number of fused-ring (bicyclic) bond motifs is 3. The van der Waals surface area contributed by atoms with Crippen LogP contribution in [0.4, 0.5) is 0 Å². The first kappa shape index (κ1) is 39.8. The molecule has 19 nitrogen and oxygen atoms in total. The van der Waals surface area contributed by atoms with E-state index in [2.05, 4.69) is 0 Å². The van der Waals surface area contributed by atoms with Gasteiger partial charge in [0.25, 0.3) is 0 Å². The van der Waals surface area contributed by atoms with Gasteiger partial charge in [-0.25, -0.2) is 4.79 Å². The summed E-state index contributed by atoms with van der Waals surface area (Å²) in [4.78, 5) is 37.8. The van der Waals surface area contributed by atoms with Gasteiger partial charge in [-0.2, -0.15) is 0 Å². The number of hydrogen-bond acceptors (Lipinski definition) is 19. The molecule has 5 aliphatic rings. The van der Waals surface area contributed by atoms with Crippen LogP contribution in [0.3, 0.4) is 0 Å². The Morgan fingerprint density at radius 2 is 1.59 bits per heavy atom. The number of hydrogen-bond donors (Lipinski definition) is 6. The van der Waals surface area contributed by atoms with Crippen molar-refractivity contribution in [1.82, 2.24) is 0 Å². The van der Waals surface area contributed by atoms with Gasteiger partial charge in [0.15, 0.2) is 42.4 Å². The first-order valence-electron chi connectivity index (χ1n) is 17.2. The molecule has 3 saturated heterocycles. The molecule has 16 atom stereocenters. The third-order valence-electron chi connectivity index (χ3n) is 10.1. The summed E-state index contributed by atoms with van der Waals surface area (Å²) in [5.41, 5.74) is -0.851. The lowest BCUT2D eigenvalue weighted by Crippen LogP contribution is -2.62. The predicted molar refractivity (Wildman–Crippen MR) is 174 cm³/mol. The van der Waals surface area contributed by atoms with E-state index in [4.69, 9.17) is 47.4 Å². The lowest BCUT2D eigenvalue weighted by molar-refractivity contribution is -0.347. The van der Waals surface area contributed by atoms with E-state index in [1.807, 2.05) is 0 Å². The van der Waals surface area contributed by atoms with Gasteiger partial charge in [0.05, 0.1) is 44.7 Å². The molecule has 0 amide bonds. The summed E-state index contributed by atoms with van der Waals surface area (Å²) in [6.07, 6.45) is -12.2. The SMILES string of the molecule is COc1ccc(C=CC(=O)O[C@@H]2[C@@H](OC(C)=O)[C@@H](OC(C)=O)[C@H](O[C@H]3[C@@H]4C=CO[C@@H](O[C@@H]5O[C@H](CO)[C@@H](O)[C@H](O)[C@H]5O)[C@@H]4[C@@]4(CO)O[C@@H]34)O[C@H]2C)cc1O. The molecule has 298 valence electrons. The molecule has 1 aliphatic carbocycles. The number of rotatable bonds is 12. The highest BCUT2D eigenvalue weighted by molar-refractivity contribution is 5.87. The van der Waals surface area contributed by atoms with Crippen molar-refractivity contribution in [1.29, 1.82) is 0 Å². The second kappa shape index (κ2) is 16.1. The minimum absolute atomic E-state index is 0.151. The maximum absolute atomic E-state index is 13.0. The quantitative estimate of drug-likeness (QED) is 0.0604. The number of carbonyl (C=O) groups excluding carboxylic acids is 3. The number of aliphatic hydroxyl groups is 5. The van der Waals surface area contributed by atoms with Crippen LogP contribution in [-0.2, 0) is 57.0 Å². The van der Waals surface area contributed by atoms with E-state index in [-0.39, 0.29) is 11.5 Å². The Bertz CT molecular complexity index is 1600. The number of benzene rings is 1. The van der Waals surface area contributed by atoms with E-state index in [1.165, 1.54) is 38.5 Å². The van der Waals surface area contributed by atoms with Crippen LogP contribution >= 0.6 is 0 Å². The Kier molecular flexibility index (Phi) is 11.8. The number of phenolic OH excluding ortho intramolecular Hbond substituents is 1. The highest BCUT2D eigenvalue weighted by atomic mass is 16.8. The van der Waals surface area contributed by atoms with Gasteiger partial charge in [-0.1, -0.05) is 6.07 Å². The molecular formula is C35H44O19. The van der Waals surface area contributed by atoms with Crippen molar-refractivity contribution < 1.29 is 92.4 Å². The van der Waals surface area contributed by atoms with Gasteiger partial charge in [0.1, 0.15) is 36.1 Å². The molecule has 4 fully saturated rings. The minimum Gasteiger partial charge on any atom is -0.504 e. The van der Waals surface area contributed by atoms with Crippen molar-refractivity contribution in [2.75, 3.05) is 20.3 Å². The molecule has 0 bridgehead atoms. The van der Waals surface area contributed by atoms with Gasteiger partial charge < -0.3 is 78.0 Å². The molecule has 4 heterocycles. The zero-order valence-electron chi connectivity index (χ0n) is 29.6. The molecule has 1 aromatic carbocycles. The Morgan fingerprint density at radius 3 is 2.24 bits per heavy atom. The predicted octanol–water partition coefficient (Wildman–Crippen LogP) is -1.62. The van der Waals surface area contributed by atoms with E-state index in [0.717, 1.165) is 19.9 Å². The average molecular weight is 769 g/mol. The van der Waals surface area contributed by atoms with E-state index >= 15 is 0 Å². The second-order valence-electron chi connectivity index (χ2n) is 13.5. The molecule has 0 aromatic heterocycles. The van der Waals surface area contributed by atoms with Crippen molar-refractivity contribution in [2.24, 2.45) is 11.8 Å². The van der Waals surface area contributed by atoms with Gasteiger partial charge in [0, 0.05) is 25.8 Å². The highest BCUT2D eigenvalue weighted by Gasteiger charge is 2.77. The fraction of sp³-hybridized carbons (Fsp3) is 0.629. The molecule has 19 heteroatoms. The number of epoxide rings is 1. The molecule has 54 heavy (non-hydrogen) atoms. The van der Waals surface area contributed by atoms with Crippen molar-refractivity contribution in [3.05, 3.63) is 42.2 Å². The van der Waals surface area contributed by atoms with Crippen molar-refractivity contribution in [2.45, 2.75) is 106 Å². The number of esters is 3. The van der Waals surface area contributed by atoms with Gasteiger partial charge >= 0.3 is 17.9 Å². The first-order valence-corrected chi connectivity index (χ1v) is 17.2. The van der Waals surface area contributed by atoms with E-state index in [9.17, 15) is 45.0 Å². The Morgan fingerprint density at radius 1 is 0.870 bits per heavy atom. The van der Waals surface area contributed by atoms with Crippen LogP contribution in [0.15, 0.2) is 36.6 Å². The first-order chi connectivity index (χ1) is 25.7. The average Bonchev–Trinajstić information content (AvgIpc) is 3.81. The Balaban J connectivity index is 1.21. The number of aromatic hydroxyl groups is 1. The molecule has 0 spiro atoms. The van der Waals surface area contributed by atoms with Crippen molar-refractivity contribution in [3.63, 3.8) is 0 Å². The maximum atomic E-state index is 13.0. The third kappa shape index (κ3) is 7.65. The van der Waals surface area contributed by atoms with Crippen LogP contribution in [0.25, 0.3) is 6.08 Å². The van der Waals surface area contributed by atoms with E-state index in [1.54, 1.807) is 12.1 Å². The molecule has 1 saturated carbocycles. The topological polar surface area (TPSA) is 268 Å². The normalized spacial score (nSPS) is 40.9. The fourth-order valence-electron chi connectivity index (χ4n) is 7.50. The standard InChI is InChI=1S/C35H44O19/c1-14-27(51-22(41)8-6-17-5-7-20(45-4)19(40)11-17)29(48-15(2)38)30(49-16(3)39)34(47-14)52-28-18-9-10-46-32(23(18)35(13-37)31(28)54-35)53-33-26(44)25(43)24(42)21(12-36)50-33/h5-11,14,18,21,23-34,36-37,40,42-44H,12-13H2,1-4H3/t14-,18+,21+,23+,24+,25-,26+,27-,28-,29+,30+,31-,32-,33-,34-,35+/m0/s1. The molecule has 6 rings (SSSR count). The van der Waals surface area contributed by atoms with Crippen LogP contribution < -0.4 is 4.74 Å². The third-order valence-corrected chi connectivity index (χ3v) is 10.1. The number of ether oxygens (including phenoxy) is 10. The molecular weight excluding hydrogens is 724 g/mol. The molecule has 0 unspecified atom stereocenters. The summed E-state index contributed by atoms with van der Waals surface area (Å²) in [5, 5.41) is 61.3. The van der Waals surface area contributed by atoms with Gasteiger partial charge in [-0.05, 0) is 36.8 Å². The summed E-state index contributed by atoms with van der Waals surface area (Å²) in [6, 6.07) is 4.47. The Labute approximate surface area is 308 Å². The summed E-state index contributed by atoms with van der Waals surface area (Å²) < 4.78 is 57.6. The molecule has 4 aliphatic heterocycles. The van der Waals surface area contributed by atoms with E-state index in [0.29, 0.717) is 5.56 Å². The Hall–Kier alpha value is -3.89. The number of carbonyl (C=O) groups is 3. The van der Waals surface area contributed by atoms with Crippen LogP contribution in [0, 0.1) is 11.8 Å². The lowest BCUT2D eigenvalue weighted by Gasteiger charge is -2.45. The fourth-order valence-corrected chi connectivity index (χ4v) is 7.50. The van der Waals surface area contributed by atoms with Gasteiger partial charge in [-0.3, -0.25) is 9.59 Å². The zero-order valence-corrected chi connectivity index (χ0v) is 29.6. The number of methoxy groups -OCH3 is 1. The zero-order chi connectivity index (χ0) is 39.1. The second-order valence-corrected chi connectivity index (χ2v) is 13.5. The molecule has 1 aromatic rings. The van der Waals surface area contributed by atoms with Crippen LogP contribution in [0.5, 0.6) is 11.5 Å². The van der Waals surface area contributed by atoms with Crippen molar-refractivity contribution >= 4 is 24.0 Å². The van der Waals surface area contributed by atoms with Crippen LogP contribution in [-0.4, -0.2) is 154 Å². The number of phenols is 1. The lowest BCUT2D eigenvalue weighted by atomic mass is 9.85. The summed E-state index contributed by atoms with van der Waals surface area (Å²) in [6.45, 7) is 2.54. The largest absolute Gasteiger partial charge is 0.504 e. The van der Waals surface area contributed by atoms with Crippen LogP contribution in [0.2, 0.25) is 0 Å². The van der Waals surface area contributed by atoms with Crippen molar-refractivity contribution in [3.8, 4) is 11.5 Å².